The van der Waals surface area contributed by atoms with Crippen molar-refractivity contribution in [1.29, 1.82) is 0 Å². The van der Waals surface area contributed by atoms with Crippen LogP contribution in [0.5, 0.6) is 0 Å². The Bertz CT molecular complexity index is 1050. The van der Waals surface area contributed by atoms with Gasteiger partial charge in [0.15, 0.2) is 5.76 Å². The highest BCUT2D eigenvalue weighted by molar-refractivity contribution is 7.10. The van der Waals surface area contributed by atoms with Gasteiger partial charge < -0.3 is 14.3 Å². The minimum Gasteiger partial charge on any atom is -0.461 e. The van der Waals surface area contributed by atoms with Crippen LogP contribution in [0.25, 0.3) is 17.7 Å². The Morgan fingerprint density at radius 3 is 2.89 bits per heavy atom. The summed E-state index contributed by atoms with van der Waals surface area (Å²) in [5.74, 6) is 1.19. The SMILES string of the molecule is O=C(C=Cc1cccs1)Nc1ccccc1Cc1nc(-c2ccco2)no1. The number of hydrogen-bond acceptors (Lipinski definition) is 6. The Labute approximate surface area is 159 Å². The Kier molecular flexibility index (Phi) is 4.93. The molecular weight excluding hydrogens is 362 g/mol. The molecule has 4 rings (SSSR count). The number of benzene rings is 1. The predicted octanol–water partition coefficient (Wildman–Crippen LogP) is 4.63. The summed E-state index contributed by atoms with van der Waals surface area (Å²) in [6.45, 7) is 0. The Hall–Kier alpha value is -3.45. The number of thiophene rings is 1. The highest BCUT2D eigenvalue weighted by atomic mass is 32.1. The fourth-order valence-corrected chi connectivity index (χ4v) is 3.13. The van der Waals surface area contributed by atoms with Gasteiger partial charge in [-0.05, 0) is 41.3 Å². The quantitative estimate of drug-likeness (QED) is 0.495. The normalized spacial score (nSPS) is 11.1. The Morgan fingerprint density at radius 2 is 2.07 bits per heavy atom. The average Bonchev–Trinajstić information content (AvgIpc) is 3.44. The molecule has 1 amide bonds. The number of carbonyl (C=O) groups is 1. The molecule has 0 aliphatic rings. The maximum atomic E-state index is 12.2. The van der Waals surface area contributed by atoms with E-state index in [1.807, 2.05) is 41.8 Å². The zero-order valence-corrected chi connectivity index (χ0v) is 15.0. The van der Waals surface area contributed by atoms with Crippen molar-refractivity contribution in [3.8, 4) is 11.6 Å². The second-order valence-corrected chi connectivity index (χ2v) is 6.64. The first-order chi connectivity index (χ1) is 13.3. The molecule has 0 fully saturated rings. The Morgan fingerprint density at radius 1 is 1.15 bits per heavy atom. The molecule has 0 spiro atoms. The summed E-state index contributed by atoms with van der Waals surface area (Å²) >= 11 is 1.58. The van der Waals surface area contributed by atoms with Crippen molar-refractivity contribution >= 4 is 29.0 Å². The van der Waals surface area contributed by atoms with Crippen LogP contribution in [0.2, 0.25) is 0 Å². The third kappa shape index (κ3) is 4.21. The first kappa shape index (κ1) is 17.0. The summed E-state index contributed by atoms with van der Waals surface area (Å²) < 4.78 is 10.6. The maximum Gasteiger partial charge on any atom is 0.248 e. The summed E-state index contributed by atoms with van der Waals surface area (Å²) in [6.07, 6.45) is 5.26. The van der Waals surface area contributed by atoms with Gasteiger partial charge in [0.05, 0.1) is 12.7 Å². The van der Waals surface area contributed by atoms with Gasteiger partial charge in [-0.3, -0.25) is 4.79 Å². The molecule has 3 aromatic heterocycles. The van der Waals surface area contributed by atoms with Crippen molar-refractivity contribution in [1.82, 2.24) is 10.1 Å². The topological polar surface area (TPSA) is 81.2 Å². The lowest BCUT2D eigenvalue weighted by atomic mass is 10.1. The van der Waals surface area contributed by atoms with Crippen molar-refractivity contribution in [3.05, 3.63) is 82.6 Å². The van der Waals surface area contributed by atoms with Gasteiger partial charge in [-0.1, -0.05) is 29.4 Å². The number of amides is 1. The van der Waals surface area contributed by atoms with Crippen molar-refractivity contribution in [2.75, 3.05) is 5.32 Å². The highest BCUT2D eigenvalue weighted by Crippen LogP contribution is 2.21. The first-order valence-corrected chi connectivity index (χ1v) is 9.13. The number of hydrogen-bond donors (Lipinski definition) is 1. The number of para-hydroxylation sites is 1. The van der Waals surface area contributed by atoms with Crippen LogP contribution in [-0.2, 0) is 11.2 Å². The second-order valence-electron chi connectivity index (χ2n) is 5.66. The van der Waals surface area contributed by atoms with Crippen molar-refractivity contribution < 1.29 is 13.7 Å². The van der Waals surface area contributed by atoms with Crippen LogP contribution in [-0.4, -0.2) is 16.0 Å². The van der Waals surface area contributed by atoms with Crippen LogP contribution in [0.4, 0.5) is 5.69 Å². The van der Waals surface area contributed by atoms with Gasteiger partial charge in [0, 0.05) is 16.6 Å². The molecule has 6 nitrogen and oxygen atoms in total. The molecule has 0 saturated heterocycles. The van der Waals surface area contributed by atoms with Gasteiger partial charge in [-0.25, -0.2) is 0 Å². The number of rotatable bonds is 6. The molecule has 7 heteroatoms. The molecule has 3 heterocycles. The van der Waals surface area contributed by atoms with E-state index in [0.717, 1.165) is 10.4 Å². The molecule has 0 aliphatic heterocycles. The molecule has 0 aliphatic carbocycles. The number of anilines is 1. The number of nitrogens with zero attached hydrogens (tertiary/aromatic N) is 2. The lowest BCUT2D eigenvalue weighted by molar-refractivity contribution is -0.111. The van der Waals surface area contributed by atoms with Crippen LogP contribution in [0.1, 0.15) is 16.3 Å². The third-order valence-corrected chi connectivity index (χ3v) is 4.61. The minimum absolute atomic E-state index is 0.197. The van der Waals surface area contributed by atoms with Gasteiger partial charge in [0.25, 0.3) is 0 Å². The Balaban J connectivity index is 1.47. The standard InChI is InChI=1S/C20H15N3O3S/c24-18(10-9-15-6-4-12-27-15)21-16-7-2-1-5-14(16)13-19-22-20(23-26-19)17-8-3-11-25-17/h1-12H,13H2,(H,21,24). The van der Waals surface area contributed by atoms with Crippen LogP contribution in [0.3, 0.4) is 0 Å². The third-order valence-electron chi connectivity index (χ3n) is 3.77. The molecule has 27 heavy (non-hydrogen) atoms. The van der Waals surface area contributed by atoms with E-state index < -0.39 is 0 Å². The van der Waals surface area contributed by atoms with Crippen molar-refractivity contribution in [2.45, 2.75) is 6.42 Å². The summed E-state index contributed by atoms with van der Waals surface area (Å²) in [5.41, 5.74) is 1.58. The van der Waals surface area contributed by atoms with E-state index in [1.54, 1.807) is 35.8 Å². The van der Waals surface area contributed by atoms with Gasteiger partial charge in [-0.15, -0.1) is 11.3 Å². The smallest absolute Gasteiger partial charge is 0.248 e. The van der Waals surface area contributed by atoms with Gasteiger partial charge in [0.1, 0.15) is 0 Å². The van der Waals surface area contributed by atoms with Gasteiger partial charge in [0.2, 0.25) is 17.6 Å². The molecular formula is C20H15N3O3S. The number of furan rings is 1. The maximum absolute atomic E-state index is 12.2. The van der Waals surface area contributed by atoms with Crippen LogP contribution < -0.4 is 5.32 Å². The molecule has 0 bridgehead atoms. The van der Waals surface area contributed by atoms with Crippen LogP contribution in [0.15, 0.2) is 75.2 Å². The number of aromatic nitrogens is 2. The van der Waals surface area contributed by atoms with Gasteiger partial charge in [-0.2, -0.15) is 4.98 Å². The summed E-state index contributed by atoms with van der Waals surface area (Å²) in [7, 11) is 0. The largest absolute Gasteiger partial charge is 0.461 e. The lowest BCUT2D eigenvalue weighted by Crippen LogP contribution is -2.10. The van der Waals surface area contributed by atoms with Crippen LogP contribution >= 0.6 is 11.3 Å². The minimum atomic E-state index is -0.197. The molecule has 1 aromatic carbocycles. The average molecular weight is 377 g/mol. The number of carbonyl (C=O) groups excluding carboxylic acids is 1. The van der Waals surface area contributed by atoms with Crippen molar-refractivity contribution in [3.63, 3.8) is 0 Å². The van der Waals surface area contributed by atoms with E-state index in [-0.39, 0.29) is 5.91 Å². The molecule has 0 radical (unpaired) electrons. The summed E-state index contributed by atoms with van der Waals surface area (Å²) in [5, 5.41) is 8.79. The van der Waals surface area contributed by atoms with Gasteiger partial charge >= 0.3 is 0 Å². The van der Waals surface area contributed by atoms with E-state index in [1.165, 1.54) is 6.08 Å². The zero-order chi connectivity index (χ0) is 18.5. The van der Waals surface area contributed by atoms with E-state index in [2.05, 4.69) is 15.5 Å². The molecule has 134 valence electrons. The second kappa shape index (κ2) is 7.84. The summed E-state index contributed by atoms with van der Waals surface area (Å²) in [6, 6.07) is 14.9. The first-order valence-electron chi connectivity index (χ1n) is 8.25. The molecule has 0 saturated carbocycles. The highest BCUT2D eigenvalue weighted by Gasteiger charge is 2.13. The zero-order valence-electron chi connectivity index (χ0n) is 14.2. The molecule has 1 N–H and O–H groups in total. The molecule has 4 aromatic rings. The molecule has 0 atom stereocenters. The molecule has 0 unspecified atom stereocenters. The fourth-order valence-electron chi connectivity index (χ4n) is 2.51. The monoisotopic (exact) mass is 377 g/mol. The van der Waals surface area contributed by atoms with Crippen molar-refractivity contribution in [2.24, 2.45) is 0 Å². The van der Waals surface area contributed by atoms with Crippen LogP contribution in [0, 0.1) is 0 Å². The fraction of sp³-hybridized carbons (Fsp3) is 0.0500. The van der Waals surface area contributed by atoms with E-state index in [4.69, 9.17) is 8.94 Å². The lowest BCUT2D eigenvalue weighted by Gasteiger charge is -2.07. The van der Waals surface area contributed by atoms with E-state index in [0.29, 0.717) is 29.6 Å². The van der Waals surface area contributed by atoms with E-state index in [9.17, 15) is 4.79 Å². The predicted molar refractivity (Wildman–Crippen MR) is 103 cm³/mol. The van der Waals surface area contributed by atoms with E-state index >= 15 is 0 Å². The number of nitrogens with one attached hydrogen (secondary N) is 1. The summed E-state index contributed by atoms with van der Waals surface area (Å²) in [4.78, 5) is 17.6.